The van der Waals surface area contributed by atoms with E-state index >= 15 is 0 Å². The molecule has 0 amide bonds. The Kier molecular flexibility index (Phi) is 2.76. The molecule has 0 saturated heterocycles. The van der Waals surface area contributed by atoms with Gasteiger partial charge in [-0.05, 0) is 12.5 Å². The molecule has 0 unspecified atom stereocenters. The minimum absolute atomic E-state index is 0.216. The number of halogens is 2. The highest BCUT2D eigenvalue weighted by atomic mass is 19.1. The number of nitrogens with zero attached hydrogens (tertiary/aromatic N) is 1. The molecule has 5 nitrogen and oxygen atoms in total. The zero-order valence-electron chi connectivity index (χ0n) is 11.0. The number of hydrogen-bond acceptors (Lipinski definition) is 3. The quantitative estimate of drug-likeness (QED) is 0.827. The summed E-state index contributed by atoms with van der Waals surface area (Å²) in [6, 6.07) is 1.81. The fourth-order valence-electron chi connectivity index (χ4n) is 2.52. The highest BCUT2D eigenvalue weighted by molar-refractivity contribution is 5.98. The van der Waals surface area contributed by atoms with Gasteiger partial charge in [0.05, 0.1) is 22.6 Å². The van der Waals surface area contributed by atoms with E-state index in [9.17, 15) is 18.4 Å². The zero-order chi connectivity index (χ0) is 15.5. The number of carboxylic acids is 1. The van der Waals surface area contributed by atoms with E-state index < -0.39 is 40.7 Å². The Labute approximate surface area is 117 Å². The first-order valence-corrected chi connectivity index (χ1v) is 6.26. The van der Waals surface area contributed by atoms with Crippen molar-refractivity contribution in [1.82, 2.24) is 4.57 Å². The van der Waals surface area contributed by atoms with Crippen LogP contribution < -0.4 is 11.2 Å². The molecular formula is C14H11F2N2O3. The number of aromatic nitrogens is 1. The van der Waals surface area contributed by atoms with Crippen LogP contribution >= 0.6 is 0 Å². The summed E-state index contributed by atoms with van der Waals surface area (Å²) < 4.78 is 28.4. The summed E-state index contributed by atoms with van der Waals surface area (Å²) in [5.74, 6) is -2.38. The van der Waals surface area contributed by atoms with Gasteiger partial charge in [-0.25, -0.2) is 13.6 Å². The molecule has 1 saturated carbocycles. The molecule has 7 heteroatoms. The monoisotopic (exact) mass is 293 g/mol. The number of aromatic carboxylic acids is 1. The van der Waals surface area contributed by atoms with Crippen molar-refractivity contribution in [1.29, 1.82) is 0 Å². The third-order valence-electron chi connectivity index (χ3n) is 3.66. The number of aryl methyl sites for hydroxylation is 1. The molecule has 0 aliphatic heterocycles. The summed E-state index contributed by atoms with van der Waals surface area (Å²) in [4.78, 5) is 23.4. The van der Waals surface area contributed by atoms with Crippen LogP contribution in [0.5, 0.6) is 0 Å². The zero-order valence-corrected chi connectivity index (χ0v) is 11.0. The van der Waals surface area contributed by atoms with Gasteiger partial charge >= 0.3 is 5.97 Å². The van der Waals surface area contributed by atoms with Gasteiger partial charge in [-0.3, -0.25) is 4.79 Å². The second kappa shape index (κ2) is 4.28. The molecule has 1 radical (unpaired) electrons. The number of benzene rings is 1. The topological polar surface area (TPSA) is 85.3 Å². The fourth-order valence-corrected chi connectivity index (χ4v) is 2.52. The van der Waals surface area contributed by atoms with Gasteiger partial charge in [0.25, 0.3) is 0 Å². The Morgan fingerprint density at radius 2 is 2.19 bits per heavy atom. The minimum Gasteiger partial charge on any atom is -0.477 e. The number of rotatable bonds is 2. The summed E-state index contributed by atoms with van der Waals surface area (Å²) in [7, 11) is 0. The van der Waals surface area contributed by atoms with E-state index in [1.165, 1.54) is 11.5 Å². The number of alkyl halides is 1. The average Bonchev–Trinajstić information content (AvgIpc) is 3.12. The van der Waals surface area contributed by atoms with Crippen molar-refractivity contribution in [2.75, 3.05) is 5.73 Å². The molecule has 1 heterocycles. The maximum Gasteiger partial charge on any atom is 0.341 e. The Hall–Kier alpha value is -2.44. The number of fused-ring (bicyclic) bond motifs is 1. The van der Waals surface area contributed by atoms with Crippen LogP contribution in [0.3, 0.4) is 0 Å². The standard InChI is InChI=1S/C14H11F2N2O3/c1-5-2-8(16)11(17)10-12(5)18(9-3-7(9)15)4-6(13(10)19)14(20)21/h4,7,9H,3,17H2,1H3,(H,20,21)/t7-,9-/m1/s1. The van der Waals surface area contributed by atoms with Crippen LogP contribution in [-0.4, -0.2) is 21.8 Å². The summed E-state index contributed by atoms with van der Waals surface area (Å²) in [5.41, 5.74) is 4.19. The molecule has 3 N–H and O–H groups in total. The van der Waals surface area contributed by atoms with Crippen molar-refractivity contribution >= 4 is 22.6 Å². The normalized spacial score (nSPS) is 20.7. The van der Waals surface area contributed by atoms with Crippen molar-refractivity contribution in [3.8, 4) is 0 Å². The number of pyridine rings is 1. The maximum atomic E-state index is 13.7. The van der Waals surface area contributed by atoms with Gasteiger partial charge in [0, 0.05) is 18.7 Å². The van der Waals surface area contributed by atoms with Crippen molar-refractivity contribution in [3.63, 3.8) is 0 Å². The lowest BCUT2D eigenvalue weighted by atomic mass is 10.0. The van der Waals surface area contributed by atoms with Crippen LogP contribution in [0, 0.1) is 18.8 Å². The van der Waals surface area contributed by atoms with Gasteiger partial charge in [-0.15, -0.1) is 0 Å². The summed E-state index contributed by atoms with van der Waals surface area (Å²) in [5, 5.41) is 8.86. The van der Waals surface area contributed by atoms with Crippen LogP contribution in [0.4, 0.5) is 14.5 Å². The van der Waals surface area contributed by atoms with Gasteiger partial charge in [-0.2, -0.15) is 0 Å². The van der Waals surface area contributed by atoms with E-state index in [4.69, 9.17) is 10.8 Å². The van der Waals surface area contributed by atoms with Gasteiger partial charge < -0.3 is 15.4 Å². The molecule has 1 fully saturated rings. The predicted molar refractivity (Wildman–Crippen MR) is 71.7 cm³/mol. The third kappa shape index (κ3) is 1.88. The maximum absolute atomic E-state index is 13.7. The smallest absolute Gasteiger partial charge is 0.341 e. The SMILES string of the molecule is Cc1[c]c(F)c(N)c2c(=O)c(C(=O)O)cn([C@@H]3C[C@H]3F)c12. The van der Waals surface area contributed by atoms with Crippen LogP contribution in [0.15, 0.2) is 11.0 Å². The first-order valence-electron chi connectivity index (χ1n) is 6.26. The Bertz CT molecular complexity index is 844. The molecule has 2 atom stereocenters. The van der Waals surface area contributed by atoms with Crippen molar-refractivity contribution in [3.05, 3.63) is 39.4 Å². The molecule has 3 rings (SSSR count). The number of carbonyl (C=O) groups is 1. The largest absolute Gasteiger partial charge is 0.477 e. The summed E-state index contributed by atoms with van der Waals surface area (Å²) >= 11 is 0. The van der Waals surface area contributed by atoms with Crippen LogP contribution in [0.25, 0.3) is 10.9 Å². The highest BCUT2D eigenvalue weighted by Crippen LogP contribution is 2.41. The molecule has 1 aliphatic rings. The van der Waals surface area contributed by atoms with E-state index in [-0.39, 0.29) is 22.9 Å². The molecule has 0 spiro atoms. The third-order valence-corrected chi connectivity index (χ3v) is 3.66. The number of hydrogen-bond donors (Lipinski definition) is 2. The molecule has 21 heavy (non-hydrogen) atoms. The fraction of sp³-hybridized carbons (Fsp3) is 0.286. The van der Waals surface area contributed by atoms with Crippen LogP contribution in [-0.2, 0) is 0 Å². The number of anilines is 1. The molecule has 1 aromatic heterocycles. The van der Waals surface area contributed by atoms with Crippen molar-refractivity contribution in [2.45, 2.75) is 25.6 Å². The van der Waals surface area contributed by atoms with E-state index in [0.717, 1.165) is 6.20 Å². The van der Waals surface area contributed by atoms with E-state index in [0.29, 0.717) is 0 Å². The molecule has 2 aromatic rings. The van der Waals surface area contributed by atoms with Crippen LogP contribution in [0.1, 0.15) is 28.4 Å². The van der Waals surface area contributed by atoms with Crippen LogP contribution in [0.2, 0.25) is 0 Å². The minimum atomic E-state index is -1.46. The lowest BCUT2D eigenvalue weighted by Crippen LogP contribution is -2.21. The van der Waals surface area contributed by atoms with Gasteiger partial charge in [-0.1, -0.05) is 0 Å². The molecule has 1 aliphatic carbocycles. The molecule has 0 bridgehead atoms. The average molecular weight is 293 g/mol. The number of carboxylic acid groups (broad SMARTS) is 1. The molecular weight excluding hydrogens is 282 g/mol. The van der Waals surface area contributed by atoms with Crippen molar-refractivity contribution in [2.24, 2.45) is 0 Å². The molecule has 1 aromatic carbocycles. The first-order chi connectivity index (χ1) is 9.82. The predicted octanol–water partition coefficient (Wildman–Crippen LogP) is 1.81. The van der Waals surface area contributed by atoms with Gasteiger partial charge in [0.15, 0.2) is 5.82 Å². The van der Waals surface area contributed by atoms with Gasteiger partial charge in [0.2, 0.25) is 5.43 Å². The second-order valence-corrected chi connectivity index (χ2v) is 5.10. The second-order valence-electron chi connectivity index (χ2n) is 5.10. The lowest BCUT2D eigenvalue weighted by Gasteiger charge is -2.15. The van der Waals surface area contributed by atoms with Crippen molar-refractivity contribution < 1.29 is 18.7 Å². The highest BCUT2D eigenvalue weighted by Gasteiger charge is 2.40. The summed E-state index contributed by atoms with van der Waals surface area (Å²) in [6.07, 6.45) is 0.187. The molecule has 109 valence electrons. The van der Waals surface area contributed by atoms with E-state index in [1.54, 1.807) is 0 Å². The number of nitrogen functional groups attached to an aromatic ring is 1. The van der Waals surface area contributed by atoms with E-state index in [2.05, 4.69) is 6.07 Å². The number of nitrogens with two attached hydrogens (primary N) is 1. The van der Waals surface area contributed by atoms with Gasteiger partial charge in [0.1, 0.15) is 11.7 Å². The Morgan fingerprint density at radius 1 is 1.57 bits per heavy atom. The Balaban J connectivity index is 2.52. The summed E-state index contributed by atoms with van der Waals surface area (Å²) in [6.45, 7) is 1.51. The lowest BCUT2D eigenvalue weighted by molar-refractivity contribution is 0.0694. The Morgan fingerprint density at radius 3 is 2.71 bits per heavy atom. The first kappa shape index (κ1) is 13.5. The van der Waals surface area contributed by atoms with E-state index in [1.807, 2.05) is 0 Å².